The molecule has 1 N–H and O–H groups in total. The number of nitrogens with zero attached hydrogens (tertiary/aromatic N) is 1. The summed E-state index contributed by atoms with van der Waals surface area (Å²) in [5, 5.41) is 12.4. The number of thiophene rings is 1. The first-order chi connectivity index (χ1) is 9.85. The van der Waals surface area contributed by atoms with E-state index in [4.69, 9.17) is 0 Å². The molecule has 0 saturated carbocycles. The van der Waals surface area contributed by atoms with Gasteiger partial charge in [-0.3, -0.25) is 10.1 Å². The quantitative estimate of drug-likeness (QED) is 0.606. The minimum Gasteiger partial charge on any atom is -0.258 e. The molecule has 1 aromatic heterocycles. The number of halogens is 1. The molecule has 0 aliphatic heterocycles. The van der Waals surface area contributed by atoms with E-state index >= 15 is 0 Å². The molecule has 0 fully saturated rings. The summed E-state index contributed by atoms with van der Waals surface area (Å²) in [6.07, 6.45) is 0. The summed E-state index contributed by atoms with van der Waals surface area (Å²) in [6.45, 7) is 0.228. The Morgan fingerprint density at radius 1 is 1.29 bits per heavy atom. The Morgan fingerprint density at radius 3 is 2.48 bits per heavy atom. The Bertz CT molecular complexity index is 741. The van der Waals surface area contributed by atoms with E-state index in [0.29, 0.717) is 5.56 Å². The zero-order chi connectivity index (χ0) is 15.5. The van der Waals surface area contributed by atoms with Crippen LogP contribution in [0, 0.1) is 10.1 Å². The SMILES string of the molecule is O=[N+]([O-])c1ccc(CS(=O)(=O)NCc2cc(Br)cs2)cc1. The van der Waals surface area contributed by atoms with Gasteiger partial charge in [0.05, 0.1) is 10.7 Å². The van der Waals surface area contributed by atoms with Crippen molar-refractivity contribution in [2.75, 3.05) is 0 Å². The van der Waals surface area contributed by atoms with Crippen LogP contribution in [0.5, 0.6) is 0 Å². The Hall–Kier alpha value is -1.29. The fourth-order valence-electron chi connectivity index (χ4n) is 1.61. The van der Waals surface area contributed by atoms with Crippen LogP contribution in [0.25, 0.3) is 0 Å². The van der Waals surface area contributed by atoms with E-state index in [2.05, 4.69) is 20.7 Å². The van der Waals surface area contributed by atoms with Crippen molar-refractivity contribution in [2.24, 2.45) is 0 Å². The molecule has 0 amide bonds. The van der Waals surface area contributed by atoms with Crippen LogP contribution in [0.3, 0.4) is 0 Å². The van der Waals surface area contributed by atoms with Gasteiger partial charge in [-0.1, -0.05) is 12.1 Å². The number of nitro benzene ring substituents is 1. The normalized spacial score (nSPS) is 11.5. The molecule has 0 radical (unpaired) electrons. The molecule has 0 spiro atoms. The molecular formula is C12H11BrN2O4S2. The van der Waals surface area contributed by atoms with Crippen molar-refractivity contribution < 1.29 is 13.3 Å². The van der Waals surface area contributed by atoms with E-state index in [1.807, 2.05) is 11.4 Å². The summed E-state index contributed by atoms with van der Waals surface area (Å²) in [5.74, 6) is -0.211. The molecule has 1 heterocycles. The highest BCUT2D eigenvalue weighted by molar-refractivity contribution is 9.10. The predicted molar refractivity (Wildman–Crippen MR) is 84.6 cm³/mol. The molecule has 0 aliphatic carbocycles. The number of sulfonamides is 1. The first-order valence-electron chi connectivity index (χ1n) is 5.79. The maximum atomic E-state index is 11.9. The lowest BCUT2D eigenvalue weighted by atomic mass is 10.2. The lowest BCUT2D eigenvalue weighted by molar-refractivity contribution is -0.384. The van der Waals surface area contributed by atoms with Gasteiger partial charge in [-0.05, 0) is 27.6 Å². The molecule has 2 aromatic rings. The highest BCUT2D eigenvalue weighted by Crippen LogP contribution is 2.20. The van der Waals surface area contributed by atoms with Gasteiger partial charge in [-0.25, -0.2) is 13.1 Å². The molecule has 0 bridgehead atoms. The van der Waals surface area contributed by atoms with Crippen LogP contribution >= 0.6 is 27.3 Å². The summed E-state index contributed by atoms with van der Waals surface area (Å²) in [7, 11) is -3.49. The van der Waals surface area contributed by atoms with Gasteiger partial charge in [0.1, 0.15) is 0 Å². The third-order valence-corrected chi connectivity index (χ3v) is 5.59. The number of rotatable bonds is 6. The summed E-state index contributed by atoms with van der Waals surface area (Å²) in [5.41, 5.74) is 0.438. The molecule has 112 valence electrons. The van der Waals surface area contributed by atoms with Crippen LogP contribution in [0.15, 0.2) is 40.2 Å². The second kappa shape index (κ2) is 6.65. The number of nitrogens with one attached hydrogen (secondary N) is 1. The van der Waals surface area contributed by atoms with Crippen molar-refractivity contribution in [1.82, 2.24) is 4.72 Å². The van der Waals surface area contributed by atoms with Gasteiger partial charge in [-0.2, -0.15) is 0 Å². The summed E-state index contributed by atoms with van der Waals surface area (Å²) in [6, 6.07) is 7.32. The predicted octanol–water partition coefficient (Wildman–Crippen LogP) is 3.04. The van der Waals surface area contributed by atoms with E-state index in [9.17, 15) is 18.5 Å². The monoisotopic (exact) mass is 390 g/mol. The zero-order valence-corrected chi connectivity index (χ0v) is 13.9. The second-order valence-electron chi connectivity index (χ2n) is 4.23. The lowest BCUT2D eigenvalue weighted by Gasteiger charge is -2.05. The van der Waals surface area contributed by atoms with Crippen molar-refractivity contribution in [3.05, 3.63) is 60.7 Å². The number of non-ortho nitro benzene ring substituents is 1. The fraction of sp³-hybridized carbons (Fsp3) is 0.167. The Kier molecular flexibility index (Phi) is 5.09. The minimum absolute atomic E-state index is 0.0625. The molecule has 6 nitrogen and oxygen atoms in total. The standard InChI is InChI=1S/C12H11BrN2O4S2/c13-10-5-12(20-7-10)6-14-21(18,19)8-9-1-3-11(4-2-9)15(16)17/h1-5,7,14H,6,8H2. The average Bonchev–Trinajstić information content (AvgIpc) is 2.83. The van der Waals surface area contributed by atoms with Crippen LogP contribution in [0.2, 0.25) is 0 Å². The molecule has 21 heavy (non-hydrogen) atoms. The summed E-state index contributed by atoms with van der Waals surface area (Å²) < 4.78 is 27.3. The van der Waals surface area contributed by atoms with Gasteiger partial charge in [0.15, 0.2) is 0 Å². The van der Waals surface area contributed by atoms with Gasteiger partial charge in [-0.15, -0.1) is 11.3 Å². The topological polar surface area (TPSA) is 89.3 Å². The second-order valence-corrected chi connectivity index (χ2v) is 7.95. The first-order valence-corrected chi connectivity index (χ1v) is 9.12. The van der Waals surface area contributed by atoms with E-state index in [-0.39, 0.29) is 18.0 Å². The van der Waals surface area contributed by atoms with Crippen molar-refractivity contribution in [3.63, 3.8) is 0 Å². The zero-order valence-electron chi connectivity index (χ0n) is 10.7. The number of nitro groups is 1. The maximum Gasteiger partial charge on any atom is 0.269 e. The van der Waals surface area contributed by atoms with Gasteiger partial charge in [0, 0.05) is 33.4 Å². The molecule has 0 atom stereocenters. The lowest BCUT2D eigenvalue weighted by Crippen LogP contribution is -2.24. The minimum atomic E-state index is -3.49. The first kappa shape index (κ1) is 16.1. The van der Waals surface area contributed by atoms with E-state index in [0.717, 1.165) is 9.35 Å². The van der Waals surface area contributed by atoms with Crippen molar-refractivity contribution in [3.8, 4) is 0 Å². The summed E-state index contributed by atoms with van der Waals surface area (Å²) >= 11 is 4.76. The molecule has 0 unspecified atom stereocenters. The third kappa shape index (κ3) is 4.88. The van der Waals surface area contributed by atoms with Crippen molar-refractivity contribution in [2.45, 2.75) is 12.3 Å². The van der Waals surface area contributed by atoms with Gasteiger partial charge in [0.2, 0.25) is 10.0 Å². The number of benzene rings is 1. The molecular weight excluding hydrogens is 380 g/mol. The third-order valence-electron chi connectivity index (χ3n) is 2.59. The smallest absolute Gasteiger partial charge is 0.258 e. The highest BCUT2D eigenvalue weighted by Gasteiger charge is 2.13. The molecule has 0 saturated heterocycles. The van der Waals surface area contributed by atoms with Gasteiger partial charge >= 0.3 is 0 Å². The number of hydrogen-bond donors (Lipinski definition) is 1. The molecule has 0 aliphatic rings. The Labute approximate surface area is 134 Å². The average molecular weight is 391 g/mol. The summed E-state index contributed by atoms with van der Waals surface area (Å²) in [4.78, 5) is 10.9. The maximum absolute atomic E-state index is 11.9. The largest absolute Gasteiger partial charge is 0.269 e. The Balaban J connectivity index is 1.98. The number of hydrogen-bond acceptors (Lipinski definition) is 5. The fourth-order valence-corrected chi connectivity index (χ4v) is 4.20. The van der Waals surface area contributed by atoms with Gasteiger partial charge < -0.3 is 0 Å². The van der Waals surface area contributed by atoms with Crippen LogP contribution in [0.1, 0.15) is 10.4 Å². The van der Waals surface area contributed by atoms with Crippen LogP contribution in [-0.2, 0) is 22.3 Å². The highest BCUT2D eigenvalue weighted by atomic mass is 79.9. The van der Waals surface area contributed by atoms with Gasteiger partial charge in [0.25, 0.3) is 5.69 Å². The Morgan fingerprint density at radius 2 is 1.95 bits per heavy atom. The van der Waals surface area contributed by atoms with Crippen LogP contribution < -0.4 is 4.72 Å². The van der Waals surface area contributed by atoms with Crippen LogP contribution in [-0.4, -0.2) is 13.3 Å². The molecule has 9 heteroatoms. The molecule has 1 aromatic carbocycles. The molecule has 2 rings (SSSR count). The van der Waals surface area contributed by atoms with E-state index in [1.165, 1.54) is 35.6 Å². The van der Waals surface area contributed by atoms with Crippen LogP contribution in [0.4, 0.5) is 5.69 Å². The van der Waals surface area contributed by atoms with E-state index in [1.54, 1.807) is 0 Å². The van der Waals surface area contributed by atoms with Crippen molar-refractivity contribution >= 4 is 43.0 Å². The van der Waals surface area contributed by atoms with E-state index < -0.39 is 14.9 Å². The van der Waals surface area contributed by atoms with Crippen molar-refractivity contribution in [1.29, 1.82) is 0 Å².